The van der Waals surface area contributed by atoms with Crippen molar-refractivity contribution in [3.63, 3.8) is 0 Å². The smallest absolute Gasteiger partial charge is 0.190 e. The molecule has 0 aromatic heterocycles. The van der Waals surface area contributed by atoms with Crippen molar-refractivity contribution in [3.05, 3.63) is 11.1 Å². The summed E-state index contributed by atoms with van der Waals surface area (Å²) >= 11 is 0. The summed E-state index contributed by atoms with van der Waals surface area (Å²) in [5, 5.41) is 10.3. The highest BCUT2D eigenvalue weighted by molar-refractivity contribution is 6.03. The Morgan fingerprint density at radius 2 is 2.27 bits per heavy atom. The van der Waals surface area contributed by atoms with E-state index >= 15 is 0 Å². The first-order valence-electron chi connectivity index (χ1n) is 5.28. The second kappa shape index (κ2) is 2.70. The second-order valence-electron chi connectivity index (χ2n) is 4.77. The fourth-order valence-corrected chi connectivity index (χ4v) is 2.57. The topological polar surface area (TPSA) is 59.1 Å². The predicted octanol–water partition coefficient (Wildman–Crippen LogP) is 0.193. The number of carbonyl (C=O) groups excluding carboxylic acids is 1. The van der Waals surface area contributed by atoms with E-state index in [1.54, 1.807) is 6.92 Å². The standard InChI is InChI=1S/C11H14O4/c1-5-3-6-7(4-14-5)11(2,13)10-9(15-10)8(6)12/h5,9-10,13H,3-4H2,1-2H3/t5?,9-,10-,11+/m0/s1. The molecule has 4 atom stereocenters. The van der Waals surface area contributed by atoms with Crippen molar-refractivity contribution in [3.8, 4) is 0 Å². The molecule has 4 nitrogen and oxygen atoms in total. The van der Waals surface area contributed by atoms with Gasteiger partial charge in [-0.2, -0.15) is 0 Å². The molecule has 4 heteroatoms. The van der Waals surface area contributed by atoms with Gasteiger partial charge in [0.1, 0.15) is 17.8 Å². The molecule has 1 N–H and O–H groups in total. The molecular formula is C11H14O4. The largest absolute Gasteiger partial charge is 0.383 e. The van der Waals surface area contributed by atoms with E-state index in [0.29, 0.717) is 13.0 Å². The second-order valence-corrected chi connectivity index (χ2v) is 4.77. The summed E-state index contributed by atoms with van der Waals surface area (Å²) in [7, 11) is 0. The number of ketones is 1. The molecule has 0 radical (unpaired) electrons. The first kappa shape index (κ1) is 9.51. The summed E-state index contributed by atoms with van der Waals surface area (Å²) in [6.45, 7) is 3.99. The molecule has 1 saturated heterocycles. The summed E-state index contributed by atoms with van der Waals surface area (Å²) < 4.78 is 10.7. The van der Waals surface area contributed by atoms with E-state index in [9.17, 15) is 9.90 Å². The van der Waals surface area contributed by atoms with Gasteiger partial charge in [-0.25, -0.2) is 0 Å². The molecule has 0 aromatic carbocycles. The minimum Gasteiger partial charge on any atom is -0.383 e. The van der Waals surface area contributed by atoms with Crippen LogP contribution in [0, 0.1) is 0 Å². The number of aliphatic hydroxyl groups is 1. The lowest BCUT2D eigenvalue weighted by Crippen LogP contribution is -2.46. The van der Waals surface area contributed by atoms with Gasteiger partial charge in [0.25, 0.3) is 0 Å². The molecule has 0 saturated carbocycles. The summed E-state index contributed by atoms with van der Waals surface area (Å²) in [6.07, 6.45) is -0.0970. The van der Waals surface area contributed by atoms with E-state index in [4.69, 9.17) is 9.47 Å². The van der Waals surface area contributed by atoms with Crippen molar-refractivity contribution >= 4 is 5.78 Å². The average Bonchev–Trinajstić information content (AvgIpc) is 2.94. The molecule has 1 fully saturated rings. The predicted molar refractivity (Wildman–Crippen MR) is 51.3 cm³/mol. The minimum absolute atomic E-state index is 0.0525. The molecule has 1 aliphatic carbocycles. The number of Topliss-reactive ketones (excluding diaryl/α,β-unsaturated/α-hetero) is 1. The van der Waals surface area contributed by atoms with Gasteiger partial charge in [0.2, 0.25) is 0 Å². The van der Waals surface area contributed by atoms with Crippen LogP contribution in [0.5, 0.6) is 0 Å². The SMILES string of the molecule is CC1CC2=C(CO1)[C@@](C)(O)[C@H]1O[C@H]1C2=O. The number of epoxide rings is 1. The van der Waals surface area contributed by atoms with E-state index in [0.717, 1.165) is 11.1 Å². The maximum atomic E-state index is 11.9. The zero-order chi connectivity index (χ0) is 10.8. The van der Waals surface area contributed by atoms with E-state index in [1.165, 1.54) is 0 Å². The number of rotatable bonds is 0. The molecule has 0 amide bonds. The van der Waals surface area contributed by atoms with Crippen LogP contribution in [-0.4, -0.2) is 41.4 Å². The van der Waals surface area contributed by atoms with Crippen LogP contribution >= 0.6 is 0 Å². The molecule has 1 unspecified atom stereocenters. The van der Waals surface area contributed by atoms with Crippen LogP contribution in [0.15, 0.2) is 11.1 Å². The highest BCUT2D eigenvalue weighted by Crippen LogP contribution is 2.46. The number of hydrogen-bond donors (Lipinski definition) is 1. The summed E-state index contributed by atoms with van der Waals surface area (Å²) in [5.41, 5.74) is 0.440. The lowest BCUT2D eigenvalue weighted by atomic mass is 9.77. The lowest BCUT2D eigenvalue weighted by Gasteiger charge is -2.35. The van der Waals surface area contributed by atoms with E-state index in [1.807, 2.05) is 6.92 Å². The van der Waals surface area contributed by atoms with Gasteiger partial charge in [0, 0.05) is 12.0 Å². The third-order valence-corrected chi connectivity index (χ3v) is 3.58. The van der Waals surface area contributed by atoms with Crippen LogP contribution in [0.2, 0.25) is 0 Å². The first-order valence-corrected chi connectivity index (χ1v) is 5.28. The summed E-state index contributed by atoms with van der Waals surface area (Å²) in [4.78, 5) is 11.9. The Balaban J connectivity index is 2.07. The Hall–Kier alpha value is -0.710. The Kier molecular flexibility index (Phi) is 1.71. The van der Waals surface area contributed by atoms with Crippen LogP contribution < -0.4 is 0 Å². The molecule has 3 rings (SSSR count). The van der Waals surface area contributed by atoms with Gasteiger partial charge < -0.3 is 14.6 Å². The third-order valence-electron chi connectivity index (χ3n) is 3.58. The zero-order valence-electron chi connectivity index (χ0n) is 8.82. The Bertz CT molecular complexity index is 369. The van der Waals surface area contributed by atoms with Gasteiger partial charge in [0.05, 0.1) is 12.7 Å². The van der Waals surface area contributed by atoms with Crippen LogP contribution in [0.3, 0.4) is 0 Å². The average molecular weight is 210 g/mol. The monoisotopic (exact) mass is 210 g/mol. The molecular weight excluding hydrogens is 196 g/mol. The van der Waals surface area contributed by atoms with E-state index in [2.05, 4.69) is 0 Å². The van der Waals surface area contributed by atoms with Crippen molar-refractivity contribution in [1.29, 1.82) is 0 Å². The van der Waals surface area contributed by atoms with Crippen molar-refractivity contribution in [1.82, 2.24) is 0 Å². The fourth-order valence-electron chi connectivity index (χ4n) is 2.57. The maximum Gasteiger partial charge on any atom is 0.190 e. The van der Waals surface area contributed by atoms with Gasteiger partial charge in [-0.3, -0.25) is 4.79 Å². The van der Waals surface area contributed by atoms with Crippen LogP contribution in [0.1, 0.15) is 20.3 Å². The van der Waals surface area contributed by atoms with Crippen molar-refractivity contribution in [2.24, 2.45) is 0 Å². The van der Waals surface area contributed by atoms with E-state index in [-0.39, 0.29) is 18.0 Å². The number of ether oxygens (including phenoxy) is 2. The van der Waals surface area contributed by atoms with Gasteiger partial charge in [-0.1, -0.05) is 0 Å². The molecule has 82 valence electrons. The third kappa shape index (κ3) is 1.16. The molecule has 2 aliphatic heterocycles. The number of hydrogen-bond acceptors (Lipinski definition) is 4. The first-order chi connectivity index (χ1) is 7.01. The van der Waals surface area contributed by atoms with Crippen LogP contribution in [-0.2, 0) is 14.3 Å². The van der Waals surface area contributed by atoms with Gasteiger partial charge in [-0.15, -0.1) is 0 Å². The highest BCUT2D eigenvalue weighted by atomic mass is 16.6. The maximum absolute atomic E-state index is 11.9. The Morgan fingerprint density at radius 1 is 1.53 bits per heavy atom. The van der Waals surface area contributed by atoms with Gasteiger partial charge >= 0.3 is 0 Å². The number of fused-ring (bicyclic) bond motifs is 1. The quantitative estimate of drug-likeness (QED) is 0.580. The van der Waals surface area contributed by atoms with Crippen molar-refractivity contribution < 1.29 is 19.4 Å². The van der Waals surface area contributed by atoms with Crippen LogP contribution in [0.25, 0.3) is 0 Å². The zero-order valence-corrected chi connectivity index (χ0v) is 8.82. The molecule has 0 spiro atoms. The molecule has 15 heavy (non-hydrogen) atoms. The Labute approximate surface area is 87.9 Å². The van der Waals surface area contributed by atoms with E-state index < -0.39 is 11.7 Å². The highest BCUT2D eigenvalue weighted by Gasteiger charge is 2.62. The van der Waals surface area contributed by atoms with Crippen molar-refractivity contribution in [2.75, 3.05) is 6.61 Å². The molecule has 2 heterocycles. The molecule has 0 bridgehead atoms. The summed E-state index contributed by atoms with van der Waals surface area (Å²) in [5.74, 6) is 0.0525. The minimum atomic E-state index is -1.02. The lowest BCUT2D eigenvalue weighted by molar-refractivity contribution is -0.118. The molecule has 0 aromatic rings. The normalized spacial score (nSPS) is 48.7. The summed E-state index contributed by atoms with van der Waals surface area (Å²) in [6, 6.07) is 0. The Morgan fingerprint density at radius 3 is 3.00 bits per heavy atom. The fraction of sp³-hybridized carbons (Fsp3) is 0.727. The van der Waals surface area contributed by atoms with Crippen LogP contribution in [0.4, 0.5) is 0 Å². The van der Waals surface area contributed by atoms with Gasteiger partial charge in [0.15, 0.2) is 5.78 Å². The molecule has 3 aliphatic rings. The number of carbonyl (C=O) groups is 1. The van der Waals surface area contributed by atoms with Gasteiger partial charge in [-0.05, 0) is 19.4 Å². The van der Waals surface area contributed by atoms with Crippen molar-refractivity contribution in [2.45, 2.75) is 44.2 Å².